The molecule has 18 heavy (non-hydrogen) atoms. The van der Waals surface area contributed by atoms with Gasteiger partial charge >= 0.3 is 0 Å². The molecular formula is C16H29NO. The number of hydrogen-bond acceptors (Lipinski definition) is 2. The average Bonchev–Trinajstić information content (AvgIpc) is 2.32. The molecule has 104 valence electrons. The normalized spacial score (nSPS) is 41.8. The van der Waals surface area contributed by atoms with E-state index in [2.05, 4.69) is 11.8 Å². The highest BCUT2D eigenvalue weighted by Crippen LogP contribution is 2.60. The zero-order valence-corrected chi connectivity index (χ0v) is 11.9. The van der Waals surface area contributed by atoms with Crippen LogP contribution in [0.1, 0.15) is 51.9 Å². The highest BCUT2D eigenvalue weighted by molar-refractivity contribution is 5.02. The summed E-state index contributed by atoms with van der Waals surface area (Å²) in [7, 11) is 0. The summed E-state index contributed by atoms with van der Waals surface area (Å²) in [6, 6.07) is 0. The van der Waals surface area contributed by atoms with Gasteiger partial charge in [0.15, 0.2) is 0 Å². The molecule has 1 N–H and O–H groups in total. The zero-order chi connectivity index (χ0) is 12.6. The first-order valence-electron chi connectivity index (χ1n) is 8.06. The summed E-state index contributed by atoms with van der Waals surface area (Å²) in [4.78, 5) is 2.60. The van der Waals surface area contributed by atoms with Crippen LogP contribution in [0.5, 0.6) is 0 Å². The molecule has 0 aromatic carbocycles. The van der Waals surface area contributed by atoms with Crippen LogP contribution < -0.4 is 0 Å². The van der Waals surface area contributed by atoms with E-state index >= 15 is 0 Å². The maximum absolute atomic E-state index is 9.01. The Balaban J connectivity index is 1.64. The van der Waals surface area contributed by atoms with E-state index in [0.717, 1.165) is 37.3 Å². The Morgan fingerprint density at radius 1 is 1.06 bits per heavy atom. The van der Waals surface area contributed by atoms with Crippen molar-refractivity contribution in [1.29, 1.82) is 0 Å². The summed E-state index contributed by atoms with van der Waals surface area (Å²) in [5, 5.41) is 9.01. The van der Waals surface area contributed by atoms with Crippen LogP contribution in [0.2, 0.25) is 0 Å². The Bertz CT molecular complexity index is 254. The van der Waals surface area contributed by atoms with Crippen molar-refractivity contribution >= 4 is 0 Å². The first-order valence-corrected chi connectivity index (χ1v) is 8.06. The third-order valence-electron chi connectivity index (χ3n) is 5.80. The molecule has 2 nitrogen and oxygen atoms in total. The molecule has 4 saturated carbocycles. The Labute approximate surface area is 112 Å². The van der Waals surface area contributed by atoms with E-state index in [1.807, 2.05) is 0 Å². The summed E-state index contributed by atoms with van der Waals surface area (Å²) < 4.78 is 0. The lowest BCUT2D eigenvalue weighted by molar-refractivity contribution is -0.0689. The van der Waals surface area contributed by atoms with Gasteiger partial charge in [-0.15, -0.1) is 0 Å². The summed E-state index contributed by atoms with van der Waals surface area (Å²) >= 11 is 0. The molecule has 4 aliphatic rings. The Kier molecular flexibility index (Phi) is 3.68. The fourth-order valence-electron chi connectivity index (χ4n) is 5.60. The van der Waals surface area contributed by atoms with Crippen LogP contribution in [0, 0.1) is 23.2 Å². The zero-order valence-electron chi connectivity index (χ0n) is 11.9. The molecule has 4 aliphatic carbocycles. The minimum atomic E-state index is 0.345. The van der Waals surface area contributed by atoms with Gasteiger partial charge in [-0.05, 0) is 74.7 Å². The van der Waals surface area contributed by atoms with Gasteiger partial charge in [-0.25, -0.2) is 0 Å². The van der Waals surface area contributed by atoms with E-state index in [1.54, 1.807) is 19.3 Å². The number of aliphatic hydroxyl groups is 1. The van der Waals surface area contributed by atoms with Crippen molar-refractivity contribution in [2.75, 3.05) is 26.2 Å². The molecule has 4 rings (SSSR count). The molecule has 0 radical (unpaired) electrons. The van der Waals surface area contributed by atoms with Crippen molar-refractivity contribution in [3.63, 3.8) is 0 Å². The largest absolute Gasteiger partial charge is 0.396 e. The number of nitrogens with zero attached hydrogens (tertiary/aromatic N) is 1. The lowest BCUT2D eigenvalue weighted by Crippen LogP contribution is -2.51. The quantitative estimate of drug-likeness (QED) is 0.784. The van der Waals surface area contributed by atoms with Crippen LogP contribution in [-0.2, 0) is 0 Å². The second kappa shape index (κ2) is 5.13. The minimum absolute atomic E-state index is 0.345. The van der Waals surface area contributed by atoms with Crippen molar-refractivity contribution in [2.45, 2.75) is 51.9 Å². The number of aliphatic hydroxyl groups excluding tert-OH is 1. The van der Waals surface area contributed by atoms with Crippen LogP contribution in [0.25, 0.3) is 0 Å². The Morgan fingerprint density at radius 3 is 2.06 bits per heavy atom. The summed E-state index contributed by atoms with van der Waals surface area (Å²) in [6.07, 6.45) is 10.1. The third kappa shape index (κ3) is 2.46. The summed E-state index contributed by atoms with van der Waals surface area (Å²) in [5.74, 6) is 3.19. The standard InChI is InChI=1S/C16H29NO/c1-2-17(4-3-5-18)12-16-9-13-6-14(10-16)8-15(7-13)11-16/h13-15,18H,2-12H2,1H3. The molecule has 0 aromatic rings. The predicted molar refractivity (Wildman–Crippen MR) is 74.4 cm³/mol. The van der Waals surface area contributed by atoms with Crippen molar-refractivity contribution in [3.8, 4) is 0 Å². The molecular weight excluding hydrogens is 222 g/mol. The van der Waals surface area contributed by atoms with Crippen LogP contribution >= 0.6 is 0 Å². The van der Waals surface area contributed by atoms with Crippen molar-refractivity contribution in [2.24, 2.45) is 23.2 Å². The molecule has 0 unspecified atom stereocenters. The van der Waals surface area contributed by atoms with Crippen molar-refractivity contribution in [1.82, 2.24) is 4.90 Å². The van der Waals surface area contributed by atoms with E-state index in [9.17, 15) is 0 Å². The molecule has 4 bridgehead atoms. The number of rotatable bonds is 6. The minimum Gasteiger partial charge on any atom is -0.396 e. The van der Waals surface area contributed by atoms with Crippen LogP contribution in [0.15, 0.2) is 0 Å². The molecule has 0 aromatic heterocycles. The van der Waals surface area contributed by atoms with Gasteiger partial charge in [-0.1, -0.05) is 6.92 Å². The molecule has 0 saturated heterocycles. The fourth-order valence-corrected chi connectivity index (χ4v) is 5.60. The fraction of sp³-hybridized carbons (Fsp3) is 1.00. The molecule has 0 amide bonds. The third-order valence-corrected chi connectivity index (χ3v) is 5.80. The highest BCUT2D eigenvalue weighted by atomic mass is 16.3. The van der Waals surface area contributed by atoms with Gasteiger partial charge in [0.05, 0.1) is 0 Å². The van der Waals surface area contributed by atoms with Crippen LogP contribution in [0.3, 0.4) is 0 Å². The molecule has 0 heterocycles. The van der Waals surface area contributed by atoms with E-state index in [4.69, 9.17) is 5.11 Å². The maximum Gasteiger partial charge on any atom is 0.0443 e. The molecule has 0 aliphatic heterocycles. The predicted octanol–water partition coefficient (Wildman–Crippen LogP) is 2.91. The van der Waals surface area contributed by atoms with Crippen LogP contribution in [-0.4, -0.2) is 36.2 Å². The van der Waals surface area contributed by atoms with Gasteiger partial charge in [0.1, 0.15) is 0 Å². The first kappa shape index (κ1) is 12.9. The van der Waals surface area contributed by atoms with E-state index in [0.29, 0.717) is 12.0 Å². The topological polar surface area (TPSA) is 23.5 Å². The molecule has 0 atom stereocenters. The van der Waals surface area contributed by atoms with Crippen molar-refractivity contribution in [3.05, 3.63) is 0 Å². The van der Waals surface area contributed by atoms with Gasteiger partial charge in [0.25, 0.3) is 0 Å². The lowest BCUT2D eigenvalue weighted by atomic mass is 9.49. The van der Waals surface area contributed by atoms with Crippen LogP contribution in [0.4, 0.5) is 0 Å². The lowest BCUT2D eigenvalue weighted by Gasteiger charge is -2.58. The van der Waals surface area contributed by atoms with Gasteiger partial charge in [-0.3, -0.25) is 0 Å². The summed E-state index contributed by atoms with van der Waals surface area (Å²) in [6.45, 7) is 6.18. The van der Waals surface area contributed by atoms with Crippen molar-refractivity contribution < 1.29 is 5.11 Å². The molecule has 4 fully saturated rings. The van der Waals surface area contributed by atoms with E-state index in [-0.39, 0.29) is 0 Å². The smallest absolute Gasteiger partial charge is 0.0443 e. The molecule has 0 spiro atoms. The van der Waals surface area contributed by atoms with E-state index < -0.39 is 0 Å². The monoisotopic (exact) mass is 251 g/mol. The van der Waals surface area contributed by atoms with Gasteiger partial charge < -0.3 is 10.0 Å². The van der Waals surface area contributed by atoms with Gasteiger partial charge in [0, 0.05) is 19.7 Å². The van der Waals surface area contributed by atoms with Gasteiger partial charge in [0.2, 0.25) is 0 Å². The SMILES string of the molecule is CCN(CCCO)CC12CC3CC(CC(C3)C1)C2. The second-order valence-electron chi connectivity index (χ2n) is 7.36. The maximum atomic E-state index is 9.01. The van der Waals surface area contributed by atoms with E-state index in [1.165, 1.54) is 25.8 Å². The first-order chi connectivity index (χ1) is 8.73. The molecule has 2 heteroatoms. The van der Waals surface area contributed by atoms with Gasteiger partial charge in [-0.2, -0.15) is 0 Å². The Morgan fingerprint density at radius 2 is 1.61 bits per heavy atom. The highest BCUT2D eigenvalue weighted by Gasteiger charge is 2.50. The average molecular weight is 251 g/mol. The second-order valence-corrected chi connectivity index (χ2v) is 7.36. The Hall–Kier alpha value is -0.0800. The number of hydrogen-bond donors (Lipinski definition) is 1. The summed E-state index contributed by atoms with van der Waals surface area (Å²) in [5.41, 5.74) is 0.667.